The summed E-state index contributed by atoms with van der Waals surface area (Å²) >= 11 is 0. The quantitative estimate of drug-likeness (QED) is 0.619. The molecule has 2 aromatic rings. The van der Waals surface area contributed by atoms with Crippen LogP contribution in [0.3, 0.4) is 0 Å². The summed E-state index contributed by atoms with van der Waals surface area (Å²) < 4.78 is 12.2. The summed E-state index contributed by atoms with van der Waals surface area (Å²) in [4.78, 5) is 12.8. The monoisotopic (exact) mass is 422 g/mol. The third-order valence-electron chi connectivity index (χ3n) is 5.44. The fraction of sp³-hybridized carbons (Fsp3) is 0.320. The van der Waals surface area contributed by atoms with Crippen molar-refractivity contribution in [2.45, 2.75) is 50.9 Å². The highest BCUT2D eigenvalue weighted by Gasteiger charge is 2.35. The lowest BCUT2D eigenvalue weighted by atomic mass is 9.91. The first-order valence-corrected chi connectivity index (χ1v) is 10.2. The molecule has 2 aromatic carbocycles. The molecule has 0 saturated carbocycles. The number of phenols is 2. The Bertz CT molecular complexity index is 1070. The minimum absolute atomic E-state index is 0.0914. The van der Waals surface area contributed by atoms with Gasteiger partial charge in [0.1, 0.15) is 40.3 Å². The minimum atomic E-state index is -0.915. The molecule has 2 aliphatic heterocycles. The number of carbonyl (C=O) groups is 1. The molecule has 0 aliphatic carbocycles. The lowest BCUT2D eigenvalue weighted by molar-refractivity contribution is 0.0841. The molecule has 0 amide bonds. The van der Waals surface area contributed by atoms with E-state index in [4.69, 9.17) is 9.47 Å². The Kier molecular flexibility index (Phi) is 5.06. The summed E-state index contributed by atoms with van der Waals surface area (Å²) in [6.45, 7) is 5.30. The largest absolute Gasteiger partial charge is 0.508 e. The van der Waals surface area contributed by atoms with Gasteiger partial charge < -0.3 is 24.8 Å². The number of hydrogen-bond donors (Lipinski definition) is 3. The lowest BCUT2D eigenvalue weighted by Crippen LogP contribution is -2.32. The Morgan fingerprint density at radius 2 is 1.90 bits per heavy atom. The number of carbonyl (C=O) groups excluding carboxylic acids is 1. The Balaban J connectivity index is 1.64. The smallest absolute Gasteiger partial charge is 0.174 e. The van der Waals surface area contributed by atoms with Crippen LogP contribution in [0, 0.1) is 0 Å². The van der Waals surface area contributed by atoms with Crippen LogP contribution < -0.4 is 9.47 Å². The Morgan fingerprint density at radius 3 is 2.58 bits per heavy atom. The molecule has 2 unspecified atom stereocenters. The Hall–Kier alpha value is -3.25. The predicted molar refractivity (Wildman–Crippen MR) is 117 cm³/mol. The highest BCUT2D eigenvalue weighted by atomic mass is 16.5. The van der Waals surface area contributed by atoms with Crippen molar-refractivity contribution < 1.29 is 29.6 Å². The maximum absolute atomic E-state index is 12.8. The third-order valence-corrected chi connectivity index (χ3v) is 5.44. The van der Waals surface area contributed by atoms with Crippen LogP contribution in [-0.4, -0.2) is 32.3 Å². The summed E-state index contributed by atoms with van der Waals surface area (Å²) in [6, 6.07) is 8.16. The van der Waals surface area contributed by atoms with Crippen LogP contribution in [0.5, 0.6) is 23.0 Å². The van der Waals surface area contributed by atoms with E-state index in [2.05, 4.69) is 0 Å². The molecule has 2 heterocycles. The normalized spacial score (nSPS) is 22.6. The van der Waals surface area contributed by atoms with Gasteiger partial charge in [0, 0.05) is 12.5 Å². The number of aromatic hydroxyl groups is 2. The van der Waals surface area contributed by atoms with E-state index in [1.807, 2.05) is 19.1 Å². The van der Waals surface area contributed by atoms with Crippen LogP contribution in [0.2, 0.25) is 0 Å². The average molecular weight is 422 g/mol. The van der Waals surface area contributed by atoms with Crippen molar-refractivity contribution in [3.05, 3.63) is 65.3 Å². The second-order valence-corrected chi connectivity index (χ2v) is 8.84. The van der Waals surface area contributed by atoms with Gasteiger partial charge in [-0.15, -0.1) is 0 Å². The van der Waals surface area contributed by atoms with E-state index in [-0.39, 0.29) is 35.0 Å². The molecule has 0 radical (unpaired) electrons. The molecular formula is C25H26O6. The van der Waals surface area contributed by atoms with E-state index >= 15 is 0 Å². The Labute approximate surface area is 181 Å². The Morgan fingerprint density at radius 1 is 1.19 bits per heavy atom. The van der Waals surface area contributed by atoms with Crippen LogP contribution in [-0.2, 0) is 0 Å². The average Bonchev–Trinajstić information content (AvgIpc) is 2.66. The molecule has 31 heavy (non-hydrogen) atoms. The molecule has 0 spiro atoms. The molecule has 0 aromatic heterocycles. The van der Waals surface area contributed by atoms with E-state index < -0.39 is 17.3 Å². The van der Waals surface area contributed by atoms with Crippen LogP contribution >= 0.6 is 0 Å². The van der Waals surface area contributed by atoms with Crippen molar-refractivity contribution in [2.24, 2.45) is 0 Å². The van der Waals surface area contributed by atoms with E-state index in [1.54, 1.807) is 56.3 Å². The number of rotatable bonds is 4. The number of benzene rings is 2. The van der Waals surface area contributed by atoms with Gasteiger partial charge in [-0.2, -0.15) is 0 Å². The van der Waals surface area contributed by atoms with Crippen molar-refractivity contribution in [2.75, 3.05) is 0 Å². The van der Waals surface area contributed by atoms with Gasteiger partial charge in [0.15, 0.2) is 5.78 Å². The van der Waals surface area contributed by atoms with E-state index in [0.717, 1.165) is 5.56 Å². The summed E-state index contributed by atoms with van der Waals surface area (Å²) in [5, 5.41) is 30.2. The van der Waals surface area contributed by atoms with Crippen LogP contribution in [0.1, 0.15) is 61.2 Å². The van der Waals surface area contributed by atoms with Gasteiger partial charge in [-0.25, -0.2) is 0 Å². The first-order valence-electron chi connectivity index (χ1n) is 10.2. The number of Topliss-reactive ketones (excluding diaryl/α,β-unsaturated/α-hetero) is 1. The molecule has 0 bridgehead atoms. The second kappa shape index (κ2) is 7.46. The maximum Gasteiger partial charge on any atom is 0.174 e. The summed E-state index contributed by atoms with van der Waals surface area (Å²) in [5.74, 6) is 0.477. The predicted octanol–water partition coefficient (Wildman–Crippen LogP) is 4.69. The molecule has 2 aliphatic rings. The van der Waals surface area contributed by atoms with Crippen LogP contribution in [0.4, 0.5) is 0 Å². The van der Waals surface area contributed by atoms with E-state index in [9.17, 15) is 20.1 Å². The van der Waals surface area contributed by atoms with Crippen molar-refractivity contribution in [3.63, 3.8) is 0 Å². The fourth-order valence-electron chi connectivity index (χ4n) is 3.82. The third kappa shape index (κ3) is 4.30. The zero-order valence-electron chi connectivity index (χ0n) is 17.8. The van der Waals surface area contributed by atoms with Gasteiger partial charge in [-0.05, 0) is 50.6 Å². The molecule has 0 saturated heterocycles. The number of aliphatic hydroxyl groups is 1. The summed E-state index contributed by atoms with van der Waals surface area (Å²) in [7, 11) is 0. The molecule has 6 nitrogen and oxygen atoms in total. The molecule has 2 atom stereocenters. The van der Waals surface area contributed by atoms with Crippen molar-refractivity contribution in [1.82, 2.24) is 0 Å². The van der Waals surface area contributed by atoms with Gasteiger partial charge in [-0.3, -0.25) is 4.79 Å². The minimum Gasteiger partial charge on any atom is -0.508 e. The molecule has 4 rings (SSSR count). The van der Waals surface area contributed by atoms with Crippen molar-refractivity contribution in [1.29, 1.82) is 0 Å². The van der Waals surface area contributed by atoms with Gasteiger partial charge >= 0.3 is 0 Å². The van der Waals surface area contributed by atoms with Gasteiger partial charge in [0.25, 0.3) is 0 Å². The molecule has 6 heteroatoms. The molecule has 0 fully saturated rings. The summed E-state index contributed by atoms with van der Waals surface area (Å²) in [6.07, 6.45) is 7.25. The number of ether oxygens (including phenoxy) is 2. The molecule has 3 N–H and O–H groups in total. The number of fused-ring (bicyclic) bond motifs is 2. The zero-order valence-corrected chi connectivity index (χ0v) is 17.8. The zero-order chi connectivity index (χ0) is 22.4. The van der Waals surface area contributed by atoms with E-state index in [0.29, 0.717) is 17.7 Å². The highest BCUT2D eigenvalue weighted by Crippen LogP contribution is 2.48. The summed E-state index contributed by atoms with van der Waals surface area (Å²) in [5.41, 5.74) is -0.224. The van der Waals surface area contributed by atoms with Crippen LogP contribution in [0.15, 0.2) is 48.6 Å². The van der Waals surface area contributed by atoms with Crippen LogP contribution in [0.25, 0.3) is 6.08 Å². The number of hydrogen-bond acceptors (Lipinski definition) is 6. The first kappa shape index (κ1) is 21.0. The SMILES string of the molecule is CC(C)(O)C=CCC1(C)C=Cc2c(cc3c(c2O)C(=O)CC(c2ccc(O)cc2)O3)O1. The van der Waals surface area contributed by atoms with Crippen molar-refractivity contribution in [3.8, 4) is 23.0 Å². The van der Waals surface area contributed by atoms with Crippen molar-refractivity contribution >= 4 is 11.9 Å². The maximum atomic E-state index is 12.8. The van der Waals surface area contributed by atoms with Gasteiger partial charge in [-0.1, -0.05) is 24.3 Å². The fourth-order valence-corrected chi connectivity index (χ4v) is 3.82. The lowest BCUT2D eigenvalue weighted by Gasteiger charge is -2.33. The second-order valence-electron chi connectivity index (χ2n) is 8.84. The topological polar surface area (TPSA) is 96.2 Å². The number of ketones is 1. The molecular weight excluding hydrogens is 396 g/mol. The van der Waals surface area contributed by atoms with E-state index in [1.165, 1.54) is 0 Å². The van der Waals surface area contributed by atoms with Gasteiger partial charge in [0.2, 0.25) is 0 Å². The standard InChI is InChI=1S/C25H26O6/c1-24(2,29)10-4-11-25(3)12-9-17-20(31-25)14-21-22(23(17)28)18(27)13-19(30-21)15-5-7-16(26)8-6-15/h4-10,12,14,19,26,28-29H,11,13H2,1-3H3. The number of phenolic OH excluding ortho intramolecular Hbond substituents is 2. The first-order chi connectivity index (χ1) is 14.5. The van der Waals surface area contributed by atoms with Gasteiger partial charge in [0.05, 0.1) is 17.6 Å². The highest BCUT2D eigenvalue weighted by molar-refractivity contribution is 6.04. The molecule has 162 valence electrons.